The third-order valence-electron chi connectivity index (χ3n) is 12.5. The van der Waals surface area contributed by atoms with Crippen LogP contribution in [0.4, 0.5) is 0 Å². The van der Waals surface area contributed by atoms with Crippen molar-refractivity contribution in [3.8, 4) is 0 Å². The minimum absolute atomic E-state index is 1.41. The second-order valence-electron chi connectivity index (χ2n) is 14.0. The minimum atomic E-state index is 1.41. The number of hydrogen-bond donors (Lipinski definition) is 0. The van der Waals surface area contributed by atoms with Crippen molar-refractivity contribution in [1.29, 1.82) is 0 Å². The molecule has 44 heavy (non-hydrogen) atoms. The highest BCUT2D eigenvalue weighted by Crippen LogP contribution is 2.42. The summed E-state index contributed by atoms with van der Waals surface area (Å²) in [6, 6.07) is 0. The Morgan fingerprint density at radius 1 is 0.205 bits per heavy atom. The second kappa shape index (κ2) is 10.5. The predicted octanol–water partition coefficient (Wildman–Crippen LogP) is 11.6. The largest absolute Gasteiger partial charge is 0.343 e. The molecule has 0 saturated carbocycles. The Labute approximate surface area is 266 Å². The molecule has 0 bridgehead atoms. The van der Waals surface area contributed by atoms with E-state index in [1.165, 1.54) is 133 Å². The summed E-state index contributed by atoms with van der Waals surface area (Å²) >= 11 is 0. The van der Waals surface area contributed by atoms with Crippen molar-refractivity contribution in [2.75, 3.05) is 0 Å². The quantitative estimate of drug-likeness (QED) is 0.167. The van der Waals surface area contributed by atoms with Crippen LogP contribution in [0.1, 0.15) is 89.0 Å². The molecule has 0 N–H and O–H groups in total. The van der Waals surface area contributed by atoms with E-state index >= 15 is 0 Å². The van der Waals surface area contributed by atoms with Gasteiger partial charge in [0.05, 0.1) is 22.1 Å². The summed E-state index contributed by atoms with van der Waals surface area (Å²) < 4.78 is 4.85. The van der Waals surface area contributed by atoms with Crippen molar-refractivity contribution >= 4 is 43.6 Å². The number of nitrogens with zero attached hydrogens (tertiary/aromatic N) is 2. The fraction of sp³-hybridized carbons (Fsp3) is 0.429. The highest BCUT2D eigenvalue weighted by Gasteiger charge is 2.23. The molecule has 0 saturated heterocycles. The topological polar surface area (TPSA) is 9.86 Å². The van der Waals surface area contributed by atoms with Gasteiger partial charge < -0.3 is 9.13 Å². The molecule has 2 aromatic heterocycles. The summed E-state index contributed by atoms with van der Waals surface area (Å²) in [4.78, 5) is 0. The van der Waals surface area contributed by atoms with E-state index in [0.29, 0.717) is 0 Å². The van der Waals surface area contributed by atoms with Gasteiger partial charge in [0.15, 0.2) is 0 Å². The first kappa shape index (κ1) is 31.9. The Morgan fingerprint density at radius 3 is 0.500 bits per heavy atom. The molecule has 6 rings (SSSR count). The summed E-state index contributed by atoms with van der Waals surface area (Å²) in [7, 11) is 4.46. The molecular formula is C42H54N2. The SMILES string of the molecule is Cc1c(C)c(C)c2c(c1C)c1c(C)c(C)c(C)c(C)c1n2C.Cc1c(C)c(C)c2c(c1C)c1c(C)c(C)c(C)c(C)c1n2C. The molecule has 2 nitrogen and oxygen atoms in total. The molecule has 6 aromatic rings. The van der Waals surface area contributed by atoms with Crippen LogP contribution >= 0.6 is 0 Å². The van der Waals surface area contributed by atoms with Gasteiger partial charge in [-0.3, -0.25) is 0 Å². The van der Waals surface area contributed by atoms with E-state index in [4.69, 9.17) is 0 Å². The van der Waals surface area contributed by atoms with E-state index < -0.39 is 0 Å². The standard InChI is InChI=1S/2C21H27N/c2*1-10-12(3)16(7)20-18(14(10)5)19-15(6)11(2)13(4)17(8)21(19)22(20)9/h2*1-9H3. The average molecular weight is 587 g/mol. The number of hydrogen-bond acceptors (Lipinski definition) is 0. The van der Waals surface area contributed by atoms with E-state index in [1.807, 2.05) is 0 Å². The van der Waals surface area contributed by atoms with Gasteiger partial charge >= 0.3 is 0 Å². The molecule has 0 atom stereocenters. The molecule has 0 aliphatic heterocycles. The average Bonchev–Trinajstić information content (AvgIpc) is 3.48. The lowest BCUT2D eigenvalue weighted by Crippen LogP contribution is -1.97. The molecule has 2 heteroatoms. The molecule has 2 heterocycles. The third kappa shape index (κ3) is 3.98. The van der Waals surface area contributed by atoms with Crippen LogP contribution in [0.3, 0.4) is 0 Å². The fourth-order valence-corrected chi connectivity index (χ4v) is 8.30. The highest BCUT2D eigenvalue weighted by molar-refractivity contribution is 6.15. The van der Waals surface area contributed by atoms with Crippen LogP contribution in [0.25, 0.3) is 43.6 Å². The summed E-state index contributed by atoms with van der Waals surface area (Å²) in [5.41, 5.74) is 28.6. The van der Waals surface area contributed by atoms with Crippen LogP contribution in [0.2, 0.25) is 0 Å². The number of rotatable bonds is 0. The number of aromatic nitrogens is 2. The fourth-order valence-electron chi connectivity index (χ4n) is 8.30. The van der Waals surface area contributed by atoms with Gasteiger partial charge in [-0.05, 0) is 200 Å². The van der Waals surface area contributed by atoms with Gasteiger partial charge in [-0.15, -0.1) is 0 Å². The van der Waals surface area contributed by atoms with Crippen molar-refractivity contribution in [3.63, 3.8) is 0 Å². The zero-order valence-electron chi connectivity index (χ0n) is 30.9. The Hall–Kier alpha value is -3.52. The Bertz CT molecular complexity index is 1910. The summed E-state index contributed by atoms with van der Waals surface area (Å²) in [5, 5.41) is 5.84. The zero-order valence-corrected chi connectivity index (χ0v) is 30.9. The molecule has 0 aliphatic carbocycles. The lowest BCUT2D eigenvalue weighted by molar-refractivity contribution is 0.994. The van der Waals surface area contributed by atoms with Crippen LogP contribution in [0, 0.1) is 111 Å². The smallest absolute Gasteiger partial charge is 0.0524 e. The lowest BCUT2D eigenvalue weighted by atomic mass is 9.90. The van der Waals surface area contributed by atoms with Crippen molar-refractivity contribution in [2.24, 2.45) is 14.1 Å². The van der Waals surface area contributed by atoms with E-state index in [0.717, 1.165) is 0 Å². The van der Waals surface area contributed by atoms with Crippen LogP contribution in [0.5, 0.6) is 0 Å². The van der Waals surface area contributed by atoms with Gasteiger partial charge in [0.1, 0.15) is 0 Å². The van der Waals surface area contributed by atoms with Crippen molar-refractivity contribution in [3.05, 3.63) is 89.0 Å². The van der Waals surface area contributed by atoms with Crippen LogP contribution in [0.15, 0.2) is 0 Å². The van der Waals surface area contributed by atoms with Gasteiger partial charge in [-0.1, -0.05) is 0 Å². The van der Waals surface area contributed by atoms with Crippen LogP contribution in [-0.2, 0) is 14.1 Å². The van der Waals surface area contributed by atoms with E-state index in [9.17, 15) is 0 Å². The molecule has 0 radical (unpaired) electrons. The van der Waals surface area contributed by atoms with Crippen molar-refractivity contribution in [2.45, 2.75) is 111 Å². The second-order valence-corrected chi connectivity index (χ2v) is 14.0. The summed E-state index contributed by atoms with van der Waals surface area (Å²) in [5.74, 6) is 0. The van der Waals surface area contributed by atoms with E-state index in [2.05, 4.69) is 134 Å². The van der Waals surface area contributed by atoms with Gasteiger partial charge in [-0.2, -0.15) is 0 Å². The first-order chi connectivity index (χ1) is 20.4. The van der Waals surface area contributed by atoms with Gasteiger partial charge in [0.25, 0.3) is 0 Å². The normalized spacial score (nSPS) is 11.9. The maximum Gasteiger partial charge on any atom is 0.0524 e. The first-order valence-electron chi connectivity index (χ1n) is 16.3. The first-order valence-corrected chi connectivity index (χ1v) is 16.3. The summed E-state index contributed by atoms with van der Waals surface area (Å²) in [6.07, 6.45) is 0. The van der Waals surface area contributed by atoms with Gasteiger partial charge in [0, 0.05) is 35.6 Å². The van der Waals surface area contributed by atoms with Crippen LogP contribution < -0.4 is 0 Å². The predicted molar refractivity (Wildman–Crippen MR) is 197 cm³/mol. The van der Waals surface area contributed by atoms with Crippen molar-refractivity contribution in [1.82, 2.24) is 9.13 Å². The van der Waals surface area contributed by atoms with Crippen LogP contribution in [-0.4, -0.2) is 9.13 Å². The minimum Gasteiger partial charge on any atom is -0.343 e. The van der Waals surface area contributed by atoms with E-state index in [-0.39, 0.29) is 0 Å². The monoisotopic (exact) mass is 586 g/mol. The van der Waals surface area contributed by atoms with Gasteiger partial charge in [0.2, 0.25) is 0 Å². The molecule has 0 fully saturated rings. The highest BCUT2D eigenvalue weighted by atomic mass is 14.9. The van der Waals surface area contributed by atoms with E-state index in [1.54, 1.807) is 0 Å². The van der Waals surface area contributed by atoms with Gasteiger partial charge in [-0.25, -0.2) is 0 Å². The Balaban J connectivity index is 0.000000175. The Morgan fingerprint density at radius 2 is 0.341 bits per heavy atom. The molecule has 0 spiro atoms. The molecule has 0 unspecified atom stereocenters. The third-order valence-corrected chi connectivity index (χ3v) is 12.5. The number of fused-ring (bicyclic) bond motifs is 6. The molecule has 0 aliphatic rings. The maximum absolute atomic E-state index is 2.42. The Kier molecular flexibility index (Phi) is 7.64. The summed E-state index contributed by atoms with van der Waals surface area (Å²) in [6.45, 7) is 36.3. The number of benzene rings is 4. The van der Waals surface area contributed by atoms with Crippen molar-refractivity contribution < 1.29 is 0 Å². The lowest BCUT2D eigenvalue weighted by Gasteiger charge is -2.13. The molecule has 0 amide bonds. The maximum atomic E-state index is 2.42. The zero-order chi connectivity index (χ0) is 33.0. The molecule has 4 aromatic carbocycles. The number of aryl methyl sites for hydroxylation is 10. The molecular weight excluding hydrogens is 532 g/mol. The molecule has 232 valence electrons.